The highest BCUT2D eigenvalue weighted by Crippen LogP contribution is 2.28. The molecule has 35 heavy (non-hydrogen) atoms. The Labute approximate surface area is 208 Å². The molecule has 186 valence electrons. The van der Waals surface area contributed by atoms with Crippen molar-refractivity contribution in [1.29, 1.82) is 0 Å². The molecule has 0 saturated heterocycles. The largest absolute Gasteiger partial charge is 0.495 e. The van der Waals surface area contributed by atoms with Gasteiger partial charge in [0.1, 0.15) is 10.6 Å². The van der Waals surface area contributed by atoms with E-state index in [1.165, 1.54) is 30.6 Å². The van der Waals surface area contributed by atoms with Crippen LogP contribution in [0.15, 0.2) is 77.7 Å². The molecule has 8 heteroatoms. The van der Waals surface area contributed by atoms with E-state index in [4.69, 9.17) is 4.74 Å². The van der Waals surface area contributed by atoms with Gasteiger partial charge in [-0.1, -0.05) is 56.3 Å². The van der Waals surface area contributed by atoms with Crippen molar-refractivity contribution in [2.24, 2.45) is 0 Å². The van der Waals surface area contributed by atoms with E-state index in [2.05, 4.69) is 24.1 Å². The average molecular weight is 496 g/mol. The molecule has 3 rings (SSSR count). The fourth-order valence-electron chi connectivity index (χ4n) is 3.77. The van der Waals surface area contributed by atoms with Gasteiger partial charge in [-0.25, -0.2) is 8.42 Å². The Morgan fingerprint density at radius 1 is 0.886 bits per heavy atom. The second-order valence-corrected chi connectivity index (χ2v) is 10.2. The number of nitrogens with zero attached hydrogens (tertiary/aromatic N) is 2. The van der Waals surface area contributed by atoms with Gasteiger partial charge in [-0.3, -0.25) is 9.69 Å². The number of hydrogen-bond acceptors (Lipinski definition) is 5. The van der Waals surface area contributed by atoms with Crippen molar-refractivity contribution in [3.05, 3.63) is 89.5 Å². The fraction of sp³-hybridized carbons (Fsp3) is 0.296. The van der Waals surface area contributed by atoms with E-state index in [9.17, 15) is 13.2 Å². The van der Waals surface area contributed by atoms with Crippen LogP contribution in [0.3, 0.4) is 0 Å². The minimum Gasteiger partial charge on any atom is -0.495 e. The van der Waals surface area contributed by atoms with Gasteiger partial charge in [0.15, 0.2) is 0 Å². The first-order chi connectivity index (χ1) is 16.8. The van der Waals surface area contributed by atoms with Crippen LogP contribution >= 0.6 is 0 Å². The van der Waals surface area contributed by atoms with E-state index >= 15 is 0 Å². The first-order valence-electron chi connectivity index (χ1n) is 11.6. The van der Waals surface area contributed by atoms with Gasteiger partial charge < -0.3 is 10.1 Å². The van der Waals surface area contributed by atoms with Crippen molar-refractivity contribution in [3.8, 4) is 5.75 Å². The van der Waals surface area contributed by atoms with Crippen LogP contribution in [0.2, 0.25) is 0 Å². The zero-order valence-corrected chi connectivity index (χ0v) is 21.5. The van der Waals surface area contributed by atoms with E-state index in [1.54, 1.807) is 6.07 Å². The molecule has 0 aromatic heterocycles. The molecule has 0 saturated carbocycles. The van der Waals surface area contributed by atoms with Gasteiger partial charge in [-0.15, -0.1) is 0 Å². The minimum atomic E-state index is -3.91. The highest BCUT2D eigenvalue weighted by Gasteiger charge is 2.26. The Balaban J connectivity index is 1.83. The SMILES string of the molecule is CCN(CC)Cc1cccc(NC(=O)c2ccc(OC)c(S(=O)(=O)N(C)Cc3ccccc3)c2)c1. The van der Waals surface area contributed by atoms with E-state index in [-0.39, 0.29) is 22.8 Å². The molecule has 0 spiro atoms. The van der Waals surface area contributed by atoms with Crippen LogP contribution in [0.1, 0.15) is 35.3 Å². The second kappa shape index (κ2) is 12.0. The van der Waals surface area contributed by atoms with Crippen LogP contribution in [0.4, 0.5) is 5.69 Å². The highest BCUT2D eigenvalue weighted by atomic mass is 32.2. The Bertz CT molecular complexity index is 1240. The number of anilines is 1. The first kappa shape index (κ1) is 26.4. The summed E-state index contributed by atoms with van der Waals surface area (Å²) in [5.41, 5.74) is 2.83. The Hall–Kier alpha value is -3.20. The summed E-state index contributed by atoms with van der Waals surface area (Å²) in [6.07, 6.45) is 0. The molecule has 0 unspecified atom stereocenters. The van der Waals surface area contributed by atoms with Crippen molar-refractivity contribution < 1.29 is 17.9 Å². The summed E-state index contributed by atoms with van der Waals surface area (Å²) in [7, 11) is -0.993. The number of ether oxygens (including phenoxy) is 1. The number of methoxy groups -OCH3 is 1. The zero-order valence-electron chi connectivity index (χ0n) is 20.7. The molecule has 3 aromatic carbocycles. The molecule has 0 atom stereocenters. The number of nitrogens with one attached hydrogen (secondary N) is 1. The van der Waals surface area contributed by atoms with Gasteiger partial charge in [-0.05, 0) is 54.5 Å². The van der Waals surface area contributed by atoms with Gasteiger partial charge in [0.25, 0.3) is 5.91 Å². The number of carbonyl (C=O) groups excluding carboxylic acids is 1. The van der Waals surface area contributed by atoms with Gasteiger partial charge in [0.05, 0.1) is 7.11 Å². The van der Waals surface area contributed by atoms with E-state index in [1.807, 2.05) is 54.6 Å². The molecule has 0 fully saturated rings. The fourth-order valence-corrected chi connectivity index (χ4v) is 5.11. The summed E-state index contributed by atoms with van der Waals surface area (Å²) in [6.45, 7) is 7.09. The molecule has 1 amide bonds. The van der Waals surface area contributed by atoms with Crippen molar-refractivity contribution in [3.63, 3.8) is 0 Å². The standard InChI is InChI=1S/C27H33N3O4S/c1-5-30(6-2)20-22-13-10-14-24(17-22)28-27(31)23-15-16-25(34-4)26(18-23)35(32,33)29(3)19-21-11-8-7-9-12-21/h7-18H,5-6,19-20H2,1-4H3,(H,28,31). The third kappa shape index (κ3) is 6.69. The van der Waals surface area contributed by atoms with Crippen LogP contribution in [-0.2, 0) is 23.1 Å². The molecule has 1 N–H and O–H groups in total. The summed E-state index contributed by atoms with van der Waals surface area (Å²) in [5, 5.41) is 2.89. The van der Waals surface area contributed by atoms with E-state index < -0.39 is 15.9 Å². The number of hydrogen-bond donors (Lipinski definition) is 1. The molecule has 3 aromatic rings. The van der Waals surface area contributed by atoms with E-state index in [0.29, 0.717) is 5.69 Å². The molecule has 0 aliphatic heterocycles. The Morgan fingerprint density at radius 2 is 1.57 bits per heavy atom. The number of benzene rings is 3. The monoisotopic (exact) mass is 495 g/mol. The lowest BCUT2D eigenvalue weighted by Gasteiger charge is -2.20. The molecule has 0 bridgehead atoms. The molecule has 0 aliphatic rings. The average Bonchev–Trinajstić information content (AvgIpc) is 2.87. The first-order valence-corrected chi connectivity index (χ1v) is 13.0. The maximum Gasteiger partial charge on any atom is 0.255 e. The molecular weight excluding hydrogens is 462 g/mol. The van der Waals surface area contributed by atoms with Crippen LogP contribution in [0.25, 0.3) is 0 Å². The van der Waals surface area contributed by atoms with Crippen molar-refractivity contribution >= 4 is 21.6 Å². The van der Waals surface area contributed by atoms with E-state index in [0.717, 1.165) is 30.8 Å². The summed E-state index contributed by atoms with van der Waals surface area (Å²) in [4.78, 5) is 15.3. The van der Waals surface area contributed by atoms with Crippen molar-refractivity contribution in [2.45, 2.75) is 31.8 Å². The normalized spacial score (nSPS) is 11.6. The lowest BCUT2D eigenvalue weighted by Crippen LogP contribution is -2.27. The summed E-state index contributed by atoms with van der Waals surface area (Å²) in [6, 6.07) is 21.4. The number of rotatable bonds is 11. The van der Waals surface area contributed by atoms with Crippen LogP contribution in [0.5, 0.6) is 5.75 Å². The topological polar surface area (TPSA) is 79.0 Å². The quantitative estimate of drug-likeness (QED) is 0.420. The summed E-state index contributed by atoms with van der Waals surface area (Å²) < 4.78 is 33.3. The zero-order chi connectivity index (χ0) is 25.4. The van der Waals surface area contributed by atoms with Gasteiger partial charge >= 0.3 is 0 Å². The summed E-state index contributed by atoms with van der Waals surface area (Å²) >= 11 is 0. The Kier molecular flexibility index (Phi) is 9.03. The second-order valence-electron chi connectivity index (χ2n) is 8.23. The lowest BCUT2D eigenvalue weighted by atomic mass is 10.1. The third-order valence-electron chi connectivity index (χ3n) is 5.85. The Morgan fingerprint density at radius 3 is 2.23 bits per heavy atom. The van der Waals surface area contributed by atoms with Crippen LogP contribution in [-0.4, -0.2) is 50.8 Å². The van der Waals surface area contributed by atoms with Crippen LogP contribution in [0, 0.1) is 0 Å². The third-order valence-corrected chi connectivity index (χ3v) is 7.67. The van der Waals surface area contributed by atoms with Crippen molar-refractivity contribution in [2.75, 3.05) is 32.6 Å². The van der Waals surface area contributed by atoms with Gasteiger partial charge in [0, 0.05) is 31.4 Å². The molecule has 0 aliphatic carbocycles. The molecule has 0 radical (unpaired) electrons. The number of sulfonamides is 1. The van der Waals surface area contributed by atoms with Crippen LogP contribution < -0.4 is 10.1 Å². The maximum atomic E-state index is 13.4. The van der Waals surface area contributed by atoms with Gasteiger partial charge in [0.2, 0.25) is 10.0 Å². The number of amides is 1. The summed E-state index contributed by atoms with van der Waals surface area (Å²) in [5.74, 6) is -0.211. The lowest BCUT2D eigenvalue weighted by molar-refractivity contribution is 0.102. The predicted octanol–water partition coefficient (Wildman–Crippen LogP) is 4.61. The van der Waals surface area contributed by atoms with Crippen molar-refractivity contribution in [1.82, 2.24) is 9.21 Å². The number of carbonyl (C=O) groups is 1. The minimum absolute atomic E-state index is 0.0543. The molecule has 7 nitrogen and oxygen atoms in total. The molecular formula is C27H33N3O4S. The molecule has 0 heterocycles. The van der Waals surface area contributed by atoms with Gasteiger partial charge in [-0.2, -0.15) is 4.31 Å². The maximum absolute atomic E-state index is 13.4. The highest BCUT2D eigenvalue weighted by molar-refractivity contribution is 7.89. The predicted molar refractivity (Wildman–Crippen MR) is 139 cm³/mol. The smallest absolute Gasteiger partial charge is 0.255 e.